The number of aromatic nitrogens is 2. The van der Waals surface area contributed by atoms with Crippen molar-refractivity contribution in [3.05, 3.63) is 18.2 Å². The van der Waals surface area contributed by atoms with E-state index in [0.717, 1.165) is 51.1 Å². The van der Waals surface area contributed by atoms with Crippen LogP contribution < -0.4 is 0 Å². The highest BCUT2D eigenvalue weighted by atomic mass is 16.2. The predicted molar refractivity (Wildman–Crippen MR) is 103 cm³/mol. The maximum Gasteiger partial charge on any atom is 0.230 e. The van der Waals surface area contributed by atoms with Crippen LogP contribution in [0.3, 0.4) is 0 Å². The summed E-state index contributed by atoms with van der Waals surface area (Å²) in [5.41, 5.74) is -0.304. The molecule has 0 bridgehead atoms. The summed E-state index contributed by atoms with van der Waals surface area (Å²) in [6.45, 7) is 5.95. The summed E-state index contributed by atoms with van der Waals surface area (Å²) < 4.78 is 2.07. The van der Waals surface area contributed by atoms with Crippen LogP contribution in [0.5, 0.6) is 0 Å². The highest BCUT2D eigenvalue weighted by Gasteiger charge is 2.49. The second-order valence-corrected chi connectivity index (χ2v) is 8.64. The average Bonchev–Trinajstić information content (AvgIpc) is 3.27. The molecule has 0 unspecified atom stereocenters. The summed E-state index contributed by atoms with van der Waals surface area (Å²) in [7, 11) is 0. The molecule has 6 nitrogen and oxygen atoms in total. The summed E-state index contributed by atoms with van der Waals surface area (Å²) >= 11 is 0. The molecule has 6 heteroatoms. The van der Waals surface area contributed by atoms with E-state index in [0.29, 0.717) is 31.3 Å². The van der Waals surface area contributed by atoms with Gasteiger partial charge in [0.1, 0.15) is 5.82 Å². The summed E-state index contributed by atoms with van der Waals surface area (Å²) in [6, 6.07) is 0. The number of carbonyl (C=O) groups is 2. The first-order valence-corrected chi connectivity index (χ1v) is 10.7. The topological polar surface area (TPSA) is 58.4 Å². The predicted octanol–water partition coefficient (Wildman–Crippen LogP) is 2.48. The number of nitrogens with zero attached hydrogens (tertiary/aromatic N) is 4. The van der Waals surface area contributed by atoms with Crippen LogP contribution >= 0.6 is 0 Å². The summed E-state index contributed by atoms with van der Waals surface area (Å²) in [6.07, 6.45) is 11.8. The van der Waals surface area contributed by atoms with E-state index >= 15 is 0 Å². The lowest BCUT2D eigenvalue weighted by atomic mass is 9.77. The lowest BCUT2D eigenvalue weighted by Crippen LogP contribution is -2.52. The molecule has 4 rings (SSSR count). The van der Waals surface area contributed by atoms with Crippen LogP contribution in [0.2, 0.25) is 0 Å². The van der Waals surface area contributed by atoms with E-state index in [-0.39, 0.29) is 11.3 Å². The fourth-order valence-electron chi connectivity index (χ4n) is 5.01. The van der Waals surface area contributed by atoms with Crippen molar-refractivity contribution in [3.8, 4) is 0 Å². The maximum atomic E-state index is 13.2. The van der Waals surface area contributed by atoms with E-state index in [1.54, 1.807) is 6.20 Å². The molecule has 0 radical (unpaired) electrons. The Balaban J connectivity index is 1.34. The van der Waals surface area contributed by atoms with E-state index in [9.17, 15) is 9.59 Å². The molecule has 1 aromatic rings. The highest BCUT2D eigenvalue weighted by Crippen LogP contribution is 2.41. The van der Waals surface area contributed by atoms with Gasteiger partial charge in [0.25, 0.3) is 0 Å². The van der Waals surface area contributed by atoms with Crippen molar-refractivity contribution >= 4 is 11.8 Å². The lowest BCUT2D eigenvalue weighted by Gasteiger charge is -2.42. The quantitative estimate of drug-likeness (QED) is 0.771. The number of hydrogen-bond acceptors (Lipinski definition) is 3. The van der Waals surface area contributed by atoms with Crippen molar-refractivity contribution in [2.24, 2.45) is 11.3 Å². The molecule has 27 heavy (non-hydrogen) atoms. The fourth-order valence-corrected chi connectivity index (χ4v) is 5.01. The van der Waals surface area contributed by atoms with Crippen LogP contribution in [-0.4, -0.2) is 57.3 Å². The zero-order valence-electron chi connectivity index (χ0n) is 16.5. The second kappa shape index (κ2) is 7.64. The monoisotopic (exact) mass is 372 g/mol. The minimum atomic E-state index is -0.304. The van der Waals surface area contributed by atoms with Crippen molar-refractivity contribution in [3.63, 3.8) is 0 Å². The van der Waals surface area contributed by atoms with Crippen LogP contribution in [-0.2, 0) is 22.6 Å². The second-order valence-electron chi connectivity index (χ2n) is 8.64. The van der Waals surface area contributed by atoms with Gasteiger partial charge in [-0.2, -0.15) is 0 Å². The molecular weight excluding hydrogens is 340 g/mol. The Morgan fingerprint density at radius 1 is 1.26 bits per heavy atom. The van der Waals surface area contributed by atoms with E-state index < -0.39 is 0 Å². The first-order chi connectivity index (χ1) is 13.1. The van der Waals surface area contributed by atoms with Gasteiger partial charge in [-0.1, -0.05) is 13.3 Å². The van der Waals surface area contributed by atoms with Crippen molar-refractivity contribution in [2.45, 2.75) is 64.8 Å². The average molecular weight is 373 g/mol. The fraction of sp³-hybridized carbons (Fsp3) is 0.762. The Morgan fingerprint density at radius 3 is 2.85 bits per heavy atom. The molecule has 0 aromatic carbocycles. The zero-order chi connectivity index (χ0) is 18.9. The maximum absolute atomic E-state index is 13.2. The molecule has 3 heterocycles. The van der Waals surface area contributed by atoms with Crippen LogP contribution in [0, 0.1) is 11.3 Å². The number of carbonyl (C=O) groups excluding carboxylic acids is 2. The zero-order valence-corrected chi connectivity index (χ0v) is 16.5. The van der Waals surface area contributed by atoms with E-state index in [4.69, 9.17) is 0 Å². The van der Waals surface area contributed by atoms with Gasteiger partial charge in [-0.25, -0.2) is 4.98 Å². The molecule has 1 spiro atoms. The summed E-state index contributed by atoms with van der Waals surface area (Å²) in [5.74, 6) is 2.23. The molecular formula is C21H32N4O2. The van der Waals surface area contributed by atoms with Gasteiger partial charge in [-0.15, -0.1) is 0 Å². The number of aryl methyl sites for hydroxylation is 2. The lowest BCUT2D eigenvalue weighted by molar-refractivity contribution is -0.147. The Morgan fingerprint density at radius 2 is 2.11 bits per heavy atom. The third kappa shape index (κ3) is 3.63. The third-order valence-corrected chi connectivity index (χ3v) is 6.92. The molecule has 1 aliphatic carbocycles. The molecule has 1 atom stereocenters. The third-order valence-electron chi connectivity index (χ3n) is 6.92. The van der Waals surface area contributed by atoms with E-state index in [2.05, 4.69) is 21.4 Å². The van der Waals surface area contributed by atoms with Gasteiger partial charge in [-0.05, 0) is 38.0 Å². The number of amides is 2. The van der Waals surface area contributed by atoms with Crippen molar-refractivity contribution in [1.29, 1.82) is 0 Å². The van der Waals surface area contributed by atoms with E-state index in [1.165, 1.54) is 19.3 Å². The van der Waals surface area contributed by atoms with Gasteiger partial charge in [0, 0.05) is 58.0 Å². The Labute approximate surface area is 161 Å². The summed E-state index contributed by atoms with van der Waals surface area (Å²) in [5, 5.41) is 0. The summed E-state index contributed by atoms with van der Waals surface area (Å²) in [4.78, 5) is 34.3. The molecule has 2 amide bonds. The molecule has 3 fully saturated rings. The smallest absolute Gasteiger partial charge is 0.230 e. The van der Waals surface area contributed by atoms with Gasteiger partial charge >= 0.3 is 0 Å². The number of hydrogen-bond donors (Lipinski definition) is 0. The largest absolute Gasteiger partial charge is 0.342 e. The molecule has 2 saturated heterocycles. The van der Waals surface area contributed by atoms with Gasteiger partial charge in [0.15, 0.2) is 0 Å². The molecule has 1 aromatic heterocycles. The Bertz CT molecular complexity index is 696. The van der Waals surface area contributed by atoms with Crippen LogP contribution in [0.1, 0.15) is 57.7 Å². The van der Waals surface area contributed by atoms with Crippen LogP contribution in [0.4, 0.5) is 0 Å². The SMILES string of the molecule is CCc1nccn1CCC(=O)N1CC[C@@]2(CCCN(CC3CCC3)C2=O)C1. The van der Waals surface area contributed by atoms with Gasteiger partial charge in [0.05, 0.1) is 5.41 Å². The molecule has 3 aliphatic rings. The number of piperidine rings is 1. The van der Waals surface area contributed by atoms with Gasteiger partial charge in [0.2, 0.25) is 11.8 Å². The molecule has 2 aliphatic heterocycles. The van der Waals surface area contributed by atoms with Crippen molar-refractivity contribution in [1.82, 2.24) is 19.4 Å². The first-order valence-electron chi connectivity index (χ1n) is 10.7. The number of imidazole rings is 1. The molecule has 0 N–H and O–H groups in total. The van der Waals surface area contributed by atoms with Gasteiger partial charge < -0.3 is 14.4 Å². The molecule has 1 saturated carbocycles. The minimum Gasteiger partial charge on any atom is -0.342 e. The number of rotatable bonds is 6. The van der Waals surface area contributed by atoms with Crippen molar-refractivity contribution in [2.75, 3.05) is 26.2 Å². The number of likely N-dealkylation sites (tertiary alicyclic amines) is 2. The highest BCUT2D eigenvalue weighted by molar-refractivity contribution is 5.86. The van der Waals surface area contributed by atoms with Crippen LogP contribution in [0.15, 0.2) is 12.4 Å². The Kier molecular flexibility index (Phi) is 5.24. The van der Waals surface area contributed by atoms with Crippen LogP contribution in [0.25, 0.3) is 0 Å². The normalized spacial score (nSPS) is 26.0. The van der Waals surface area contributed by atoms with E-state index in [1.807, 2.05) is 11.1 Å². The minimum absolute atomic E-state index is 0.173. The molecule has 148 valence electrons. The first kappa shape index (κ1) is 18.5. The van der Waals surface area contributed by atoms with Crippen molar-refractivity contribution < 1.29 is 9.59 Å². The van der Waals surface area contributed by atoms with Gasteiger partial charge in [-0.3, -0.25) is 9.59 Å². The Hall–Kier alpha value is -1.85. The standard InChI is InChI=1S/C21H32N4O2/c1-2-18-22-10-14-23(18)12-7-19(26)25-13-9-21(16-25)8-4-11-24(20(21)27)15-17-5-3-6-17/h10,14,17H,2-9,11-13,15-16H2,1H3/t21-/m0/s1.